The van der Waals surface area contributed by atoms with Crippen LogP contribution in [0.2, 0.25) is 0 Å². The molecule has 0 radical (unpaired) electrons. The Kier molecular flexibility index (Phi) is 3.75. The summed E-state index contributed by atoms with van der Waals surface area (Å²) in [5.41, 5.74) is 3.62. The fraction of sp³-hybridized carbons (Fsp3) is 0.286. The van der Waals surface area contributed by atoms with E-state index in [0.29, 0.717) is 5.56 Å². The first kappa shape index (κ1) is 13.8. The lowest BCUT2D eigenvalue weighted by Gasteiger charge is -2.11. The van der Waals surface area contributed by atoms with Crippen LogP contribution in [0.25, 0.3) is 5.69 Å². The third-order valence-electron chi connectivity index (χ3n) is 2.97. The summed E-state index contributed by atoms with van der Waals surface area (Å²) in [6.07, 6.45) is 0. The molecule has 0 saturated carbocycles. The van der Waals surface area contributed by atoms with Crippen molar-refractivity contribution in [2.24, 2.45) is 0 Å². The molecule has 5 heteroatoms. The monoisotopic (exact) mass is 321 g/mol. The summed E-state index contributed by atoms with van der Waals surface area (Å²) in [5.74, 6) is 0.00102. The lowest BCUT2D eigenvalue weighted by Crippen LogP contribution is -2.21. The van der Waals surface area contributed by atoms with E-state index in [0.717, 1.165) is 21.5 Å². The number of carbonyl (C=O) groups is 1. The maximum atomic E-state index is 11.8. The van der Waals surface area contributed by atoms with E-state index in [-0.39, 0.29) is 5.91 Å². The van der Waals surface area contributed by atoms with E-state index in [1.54, 1.807) is 19.0 Å². The maximum Gasteiger partial charge on any atom is 0.253 e. The molecule has 0 saturated heterocycles. The van der Waals surface area contributed by atoms with Crippen LogP contribution >= 0.6 is 15.9 Å². The predicted molar refractivity (Wildman–Crippen MR) is 78.8 cm³/mol. The van der Waals surface area contributed by atoms with E-state index in [9.17, 15) is 4.79 Å². The highest BCUT2D eigenvalue weighted by atomic mass is 79.9. The second-order valence-corrected chi connectivity index (χ2v) is 5.44. The number of halogens is 1. The Labute approximate surface area is 121 Å². The maximum absolute atomic E-state index is 11.8. The summed E-state index contributed by atoms with van der Waals surface area (Å²) in [4.78, 5) is 13.4. The minimum Gasteiger partial charge on any atom is -0.345 e. The van der Waals surface area contributed by atoms with Gasteiger partial charge in [-0.2, -0.15) is 5.10 Å². The van der Waals surface area contributed by atoms with Gasteiger partial charge < -0.3 is 4.90 Å². The van der Waals surface area contributed by atoms with Crippen LogP contribution in [-0.2, 0) is 0 Å². The summed E-state index contributed by atoms with van der Waals surface area (Å²) >= 11 is 3.51. The molecule has 0 unspecified atom stereocenters. The number of amides is 1. The molecule has 4 nitrogen and oxygen atoms in total. The lowest BCUT2D eigenvalue weighted by molar-refractivity contribution is 0.0827. The van der Waals surface area contributed by atoms with E-state index >= 15 is 0 Å². The Hall–Kier alpha value is -1.62. The van der Waals surface area contributed by atoms with Crippen LogP contribution in [0.5, 0.6) is 0 Å². The number of aryl methyl sites for hydroxylation is 1. The van der Waals surface area contributed by atoms with Gasteiger partial charge in [0.2, 0.25) is 0 Å². The molecule has 1 aromatic heterocycles. The van der Waals surface area contributed by atoms with Gasteiger partial charge in [0, 0.05) is 19.7 Å². The summed E-state index contributed by atoms with van der Waals surface area (Å²) in [6.45, 7) is 3.96. The molecule has 0 aliphatic heterocycles. The average molecular weight is 322 g/mol. The molecule has 19 heavy (non-hydrogen) atoms. The Balaban J connectivity index is 2.38. The Morgan fingerprint density at radius 2 is 1.79 bits per heavy atom. The van der Waals surface area contributed by atoms with Crippen LogP contribution in [0.15, 0.2) is 28.7 Å². The molecule has 0 spiro atoms. The second-order valence-electron chi connectivity index (χ2n) is 4.64. The number of hydrogen-bond acceptors (Lipinski definition) is 2. The Bertz CT molecular complexity index is 614. The average Bonchev–Trinajstić information content (AvgIpc) is 2.66. The molecule has 2 rings (SSSR count). The summed E-state index contributed by atoms with van der Waals surface area (Å²) in [6, 6.07) is 7.45. The molecule has 100 valence electrons. The van der Waals surface area contributed by atoms with Gasteiger partial charge in [-0.3, -0.25) is 4.79 Å². The minimum atomic E-state index is 0.00102. The fourth-order valence-electron chi connectivity index (χ4n) is 1.88. The van der Waals surface area contributed by atoms with Crippen LogP contribution in [0.3, 0.4) is 0 Å². The molecular weight excluding hydrogens is 306 g/mol. The summed E-state index contributed by atoms with van der Waals surface area (Å²) in [5, 5.41) is 4.46. The van der Waals surface area contributed by atoms with Crippen molar-refractivity contribution in [1.82, 2.24) is 14.7 Å². The van der Waals surface area contributed by atoms with Gasteiger partial charge in [-0.25, -0.2) is 4.68 Å². The first-order valence-electron chi connectivity index (χ1n) is 5.95. The first-order chi connectivity index (χ1) is 8.91. The fourth-order valence-corrected chi connectivity index (χ4v) is 2.13. The molecule has 0 fully saturated rings. The Morgan fingerprint density at radius 1 is 1.21 bits per heavy atom. The van der Waals surface area contributed by atoms with Crippen LogP contribution < -0.4 is 0 Å². The van der Waals surface area contributed by atoms with Crippen molar-refractivity contribution in [3.63, 3.8) is 0 Å². The smallest absolute Gasteiger partial charge is 0.253 e. The third kappa shape index (κ3) is 2.56. The highest BCUT2D eigenvalue weighted by molar-refractivity contribution is 9.10. The number of carbonyl (C=O) groups excluding carboxylic acids is 1. The zero-order valence-electron chi connectivity index (χ0n) is 11.4. The highest BCUT2D eigenvalue weighted by Gasteiger charge is 2.11. The van der Waals surface area contributed by atoms with Gasteiger partial charge >= 0.3 is 0 Å². The van der Waals surface area contributed by atoms with Crippen LogP contribution in [-0.4, -0.2) is 34.7 Å². The van der Waals surface area contributed by atoms with Gasteiger partial charge in [0.15, 0.2) is 0 Å². The largest absolute Gasteiger partial charge is 0.345 e. The lowest BCUT2D eigenvalue weighted by atomic mass is 10.2. The van der Waals surface area contributed by atoms with Crippen molar-refractivity contribution in [3.05, 3.63) is 45.7 Å². The molecule has 0 aliphatic carbocycles. The van der Waals surface area contributed by atoms with Gasteiger partial charge in [-0.15, -0.1) is 0 Å². The van der Waals surface area contributed by atoms with Crippen molar-refractivity contribution in [3.8, 4) is 5.69 Å². The molecule has 0 bridgehead atoms. The number of rotatable bonds is 2. The van der Waals surface area contributed by atoms with Gasteiger partial charge in [-0.1, -0.05) is 0 Å². The predicted octanol–water partition coefficient (Wildman–Crippen LogP) is 2.95. The molecule has 0 aliphatic rings. The van der Waals surface area contributed by atoms with Crippen molar-refractivity contribution >= 4 is 21.8 Å². The summed E-state index contributed by atoms with van der Waals surface area (Å²) in [7, 11) is 3.49. The van der Waals surface area contributed by atoms with Crippen molar-refractivity contribution in [1.29, 1.82) is 0 Å². The zero-order chi connectivity index (χ0) is 14.2. The van der Waals surface area contributed by atoms with Crippen LogP contribution in [0.4, 0.5) is 0 Å². The molecule has 0 N–H and O–H groups in total. The number of hydrogen-bond donors (Lipinski definition) is 0. The molecular formula is C14H16BrN3O. The van der Waals surface area contributed by atoms with Crippen LogP contribution in [0, 0.1) is 13.8 Å². The second kappa shape index (κ2) is 5.17. The normalized spacial score (nSPS) is 10.6. The molecule has 1 amide bonds. The van der Waals surface area contributed by atoms with Gasteiger partial charge in [0.25, 0.3) is 5.91 Å². The van der Waals surface area contributed by atoms with Crippen molar-refractivity contribution in [2.45, 2.75) is 13.8 Å². The van der Waals surface area contributed by atoms with E-state index in [2.05, 4.69) is 21.0 Å². The quantitative estimate of drug-likeness (QED) is 0.853. The Morgan fingerprint density at radius 3 is 2.21 bits per heavy atom. The van der Waals surface area contributed by atoms with Gasteiger partial charge in [-0.05, 0) is 54.0 Å². The highest BCUT2D eigenvalue weighted by Crippen LogP contribution is 2.23. The number of aromatic nitrogens is 2. The molecule has 1 aromatic carbocycles. The van der Waals surface area contributed by atoms with Crippen molar-refractivity contribution in [2.75, 3.05) is 14.1 Å². The molecule has 1 heterocycles. The zero-order valence-corrected chi connectivity index (χ0v) is 13.0. The SMILES string of the molecule is Cc1nn(-c2ccc(C(=O)N(C)C)cc2)c(C)c1Br. The first-order valence-corrected chi connectivity index (χ1v) is 6.75. The number of nitrogens with zero attached hydrogens (tertiary/aromatic N) is 3. The topological polar surface area (TPSA) is 38.1 Å². The third-order valence-corrected chi connectivity index (χ3v) is 4.12. The van der Waals surface area contributed by atoms with E-state index in [1.165, 1.54) is 0 Å². The van der Waals surface area contributed by atoms with Crippen molar-refractivity contribution < 1.29 is 4.79 Å². The van der Waals surface area contributed by atoms with Gasteiger partial charge in [0.1, 0.15) is 0 Å². The van der Waals surface area contributed by atoms with E-state index in [4.69, 9.17) is 0 Å². The summed E-state index contributed by atoms with van der Waals surface area (Å²) < 4.78 is 2.88. The molecule has 0 atom stereocenters. The minimum absolute atomic E-state index is 0.00102. The van der Waals surface area contributed by atoms with Gasteiger partial charge in [0.05, 0.1) is 21.5 Å². The standard InChI is InChI=1S/C14H16BrN3O/c1-9-13(15)10(2)18(16-9)12-7-5-11(6-8-12)14(19)17(3)4/h5-8H,1-4H3. The van der Waals surface area contributed by atoms with Crippen LogP contribution in [0.1, 0.15) is 21.7 Å². The van der Waals surface area contributed by atoms with E-state index in [1.807, 2.05) is 42.8 Å². The van der Waals surface area contributed by atoms with E-state index < -0.39 is 0 Å². The molecule has 2 aromatic rings. The number of benzene rings is 1.